The highest BCUT2D eigenvalue weighted by Gasteiger charge is 2.46. The Labute approximate surface area is 410 Å². The SMILES string of the molecule is CCCCCCCCCCCCCCCCCCCCCCCC(=O)OC(COC(=O)CCCCCCCCCCCCCCCCCCCC)COC1OC(CS(=O)(=O)O)C(O)C(O)C1O. The van der Waals surface area contributed by atoms with Gasteiger partial charge in [-0.15, -0.1) is 0 Å². The second-order valence-corrected chi connectivity index (χ2v) is 21.5. The minimum Gasteiger partial charge on any atom is -0.462 e. The summed E-state index contributed by atoms with van der Waals surface area (Å²) in [4.78, 5) is 25.6. The molecule has 6 unspecified atom stereocenters. The number of hydrogen-bond donors (Lipinski definition) is 4. The summed E-state index contributed by atoms with van der Waals surface area (Å²) < 4.78 is 54.4. The lowest BCUT2D eigenvalue weighted by atomic mass is 10.00. The molecule has 398 valence electrons. The number of unbranched alkanes of at least 4 members (excludes halogenated alkanes) is 37. The molecule has 4 N–H and O–H groups in total. The van der Waals surface area contributed by atoms with Crippen molar-refractivity contribution < 1.29 is 56.8 Å². The van der Waals surface area contributed by atoms with Crippen LogP contribution in [0.1, 0.15) is 277 Å². The van der Waals surface area contributed by atoms with Crippen molar-refractivity contribution in [2.24, 2.45) is 0 Å². The van der Waals surface area contributed by atoms with E-state index < -0.39 is 71.2 Å². The predicted octanol–water partition coefficient (Wildman–Crippen LogP) is 13.2. The van der Waals surface area contributed by atoms with E-state index in [1.54, 1.807) is 0 Å². The Hall–Kier alpha value is -1.35. The molecule has 6 atom stereocenters. The van der Waals surface area contributed by atoms with E-state index in [1.807, 2.05) is 0 Å². The largest absolute Gasteiger partial charge is 0.462 e. The van der Waals surface area contributed by atoms with Gasteiger partial charge in [0.25, 0.3) is 10.1 Å². The Morgan fingerprint density at radius 2 is 0.761 bits per heavy atom. The molecule has 0 aliphatic carbocycles. The Morgan fingerprint density at radius 1 is 0.448 bits per heavy atom. The Kier molecular flexibility index (Phi) is 42.4. The molecule has 0 spiro atoms. The molecule has 1 heterocycles. The monoisotopic (exact) mass is 977 g/mol. The molecule has 1 rings (SSSR count). The lowest BCUT2D eigenvalue weighted by molar-refractivity contribution is -0.297. The van der Waals surface area contributed by atoms with E-state index in [1.165, 1.54) is 199 Å². The topological polar surface area (TPSA) is 186 Å². The van der Waals surface area contributed by atoms with Gasteiger partial charge in [0.15, 0.2) is 12.4 Å². The zero-order valence-electron chi connectivity index (χ0n) is 43.0. The summed E-state index contributed by atoms with van der Waals surface area (Å²) in [5, 5.41) is 31.0. The minimum atomic E-state index is -4.60. The molecule has 1 saturated heterocycles. The van der Waals surface area contributed by atoms with E-state index in [2.05, 4.69) is 13.8 Å². The zero-order valence-corrected chi connectivity index (χ0v) is 43.9. The minimum absolute atomic E-state index is 0.173. The van der Waals surface area contributed by atoms with Crippen LogP contribution in [0.5, 0.6) is 0 Å². The maximum Gasteiger partial charge on any atom is 0.306 e. The third-order valence-corrected chi connectivity index (χ3v) is 14.2. The van der Waals surface area contributed by atoms with Crippen molar-refractivity contribution in [2.75, 3.05) is 19.0 Å². The predicted molar refractivity (Wildman–Crippen MR) is 271 cm³/mol. The Bertz CT molecular complexity index is 1230. The fraction of sp³-hybridized carbons (Fsp3) is 0.963. The van der Waals surface area contributed by atoms with Gasteiger partial charge in [0.1, 0.15) is 36.8 Å². The fourth-order valence-corrected chi connectivity index (χ4v) is 9.78. The normalized spacial score (nSPS) is 19.2. The van der Waals surface area contributed by atoms with Crippen LogP contribution in [0.2, 0.25) is 0 Å². The average molecular weight is 977 g/mol. The summed E-state index contributed by atoms with van der Waals surface area (Å²) >= 11 is 0. The van der Waals surface area contributed by atoms with Crippen LogP contribution < -0.4 is 0 Å². The zero-order chi connectivity index (χ0) is 49.1. The summed E-state index contributed by atoms with van der Waals surface area (Å²) in [5.41, 5.74) is 0. The number of aliphatic hydroxyl groups is 3. The third-order valence-electron chi connectivity index (χ3n) is 13.4. The lowest BCUT2D eigenvalue weighted by Crippen LogP contribution is -2.60. The van der Waals surface area contributed by atoms with Crippen LogP contribution in [-0.2, 0) is 38.7 Å². The molecule has 0 saturated carbocycles. The molecule has 0 bridgehead atoms. The van der Waals surface area contributed by atoms with Crippen LogP contribution in [0.15, 0.2) is 0 Å². The number of esters is 2. The highest BCUT2D eigenvalue weighted by Crippen LogP contribution is 2.24. The molecular weight excluding hydrogens is 873 g/mol. The van der Waals surface area contributed by atoms with Crippen LogP contribution in [-0.4, -0.2) is 96.0 Å². The quantitative estimate of drug-likeness (QED) is 0.0257. The Balaban J connectivity index is 2.31. The molecule has 1 fully saturated rings. The third kappa shape index (κ3) is 39.0. The maximum absolute atomic E-state index is 12.9. The number of aliphatic hydroxyl groups excluding tert-OH is 3. The van der Waals surface area contributed by atoms with E-state index in [-0.39, 0.29) is 19.4 Å². The van der Waals surface area contributed by atoms with Crippen molar-refractivity contribution in [3.63, 3.8) is 0 Å². The number of carbonyl (C=O) groups excluding carboxylic acids is 2. The van der Waals surface area contributed by atoms with Crippen LogP contribution in [0.3, 0.4) is 0 Å². The van der Waals surface area contributed by atoms with Crippen LogP contribution >= 0.6 is 0 Å². The second kappa shape index (κ2) is 44.6. The maximum atomic E-state index is 12.9. The van der Waals surface area contributed by atoms with E-state index in [0.29, 0.717) is 12.8 Å². The van der Waals surface area contributed by atoms with Gasteiger partial charge in [-0.2, -0.15) is 8.42 Å². The van der Waals surface area contributed by atoms with E-state index in [0.717, 1.165) is 38.5 Å². The first kappa shape index (κ1) is 63.7. The van der Waals surface area contributed by atoms with Crippen LogP contribution in [0, 0.1) is 0 Å². The summed E-state index contributed by atoms with van der Waals surface area (Å²) in [6, 6.07) is 0. The van der Waals surface area contributed by atoms with Crippen LogP contribution in [0.25, 0.3) is 0 Å². The summed E-state index contributed by atoms with van der Waals surface area (Å²) in [5.74, 6) is -1.95. The van der Waals surface area contributed by atoms with Gasteiger partial charge in [-0.1, -0.05) is 251 Å². The van der Waals surface area contributed by atoms with Gasteiger partial charge in [-0.05, 0) is 12.8 Å². The molecular formula is C54H104O12S. The standard InChI is InChI=1S/C54H104O12S/c1-3-5-7-9-11-13-15-17-19-21-23-24-25-27-29-31-33-35-37-39-41-43-50(56)65-47(45-64-54-53(59)52(58)51(57)48(66-54)46-67(60,61)62)44-63-49(55)42-40-38-36-34-32-30-28-26-22-20-18-16-14-12-10-8-6-4-2/h47-48,51-54,57-59H,3-46H2,1-2H3,(H,60,61,62). The van der Waals surface area contributed by atoms with E-state index in [4.69, 9.17) is 18.9 Å². The van der Waals surface area contributed by atoms with Crippen molar-refractivity contribution in [1.82, 2.24) is 0 Å². The number of ether oxygens (including phenoxy) is 4. The molecule has 0 aromatic rings. The first-order valence-corrected chi connectivity index (χ1v) is 29.7. The fourth-order valence-electron chi connectivity index (χ4n) is 9.09. The first-order chi connectivity index (χ1) is 32.5. The molecule has 12 nitrogen and oxygen atoms in total. The molecule has 1 aliphatic heterocycles. The molecule has 0 radical (unpaired) electrons. The summed E-state index contributed by atoms with van der Waals surface area (Å²) in [6.07, 6.45) is 40.0. The van der Waals surface area contributed by atoms with Gasteiger partial charge in [-0.25, -0.2) is 0 Å². The van der Waals surface area contributed by atoms with E-state index in [9.17, 15) is 37.9 Å². The van der Waals surface area contributed by atoms with Crippen molar-refractivity contribution in [2.45, 2.75) is 314 Å². The van der Waals surface area contributed by atoms with Gasteiger partial charge in [0, 0.05) is 12.8 Å². The van der Waals surface area contributed by atoms with Crippen molar-refractivity contribution in [3.8, 4) is 0 Å². The van der Waals surface area contributed by atoms with Crippen LogP contribution in [0.4, 0.5) is 0 Å². The molecule has 13 heteroatoms. The van der Waals surface area contributed by atoms with Crippen molar-refractivity contribution in [3.05, 3.63) is 0 Å². The molecule has 0 aromatic carbocycles. The van der Waals surface area contributed by atoms with Gasteiger partial charge in [0.2, 0.25) is 0 Å². The molecule has 0 aromatic heterocycles. The van der Waals surface area contributed by atoms with E-state index >= 15 is 0 Å². The summed E-state index contributed by atoms with van der Waals surface area (Å²) in [6.45, 7) is 3.83. The van der Waals surface area contributed by atoms with Gasteiger partial charge < -0.3 is 34.3 Å². The number of rotatable bonds is 49. The molecule has 67 heavy (non-hydrogen) atoms. The average Bonchev–Trinajstić information content (AvgIpc) is 3.30. The first-order valence-electron chi connectivity index (χ1n) is 28.1. The lowest BCUT2D eigenvalue weighted by Gasteiger charge is -2.40. The summed E-state index contributed by atoms with van der Waals surface area (Å²) in [7, 11) is -4.60. The molecule has 1 aliphatic rings. The van der Waals surface area contributed by atoms with Crippen molar-refractivity contribution in [1.29, 1.82) is 0 Å². The Morgan fingerprint density at radius 3 is 1.09 bits per heavy atom. The number of carbonyl (C=O) groups is 2. The van der Waals surface area contributed by atoms with Gasteiger partial charge >= 0.3 is 11.9 Å². The van der Waals surface area contributed by atoms with Gasteiger partial charge in [-0.3, -0.25) is 14.1 Å². The highest BCUT2D eigenvalue weighted by atomic mass is 32.2. The number of hydrogen-bond acceptors (Lipinski definition) is 11. The smallest absolute Gasteiger partial charge is 0.306 e. The second-order valence-electron chi connectivity index (χ2n) is 20.0. The molecule has 0 amide bonds. The van der Waals surface area contributed by atoms with Gasteiger partial charge in [0.05, 0.1) is 6.61 Å². The highest BCUT2D eigenvalue weighted by molar-refractivity contribution is 7.85. The van der Waals surface area contributed by atoms with Crippen molar-refractivity contribution >= 4 is 22.1 Å².